The number of nitrogens with zero attached hydrogens (tertiary/aromatic N) is 1. The van der Waals surface area contributed by atoms with E-state index in [4.69, 9.17) is 4.74 Å². The van der Waals surface area contributed by atoms with E-state index in [1.807, 2.05) is 0 Å². The standard InChI is InChI=1S/C13H8BrF2NO3/c14-13-8(2-1-3-12(13)17(18)19)7-20-11-5-9(15)4-10(16)6-11/h1-6H,7H2. The van der Waals surface area contributed by atoms with E-state index >= 15 is 0 Å². The van der Waals surface area contributed by atoms with Crippen LogP contribution in [0.15, 0.2) is 40.9 Å². The Morgan fingerprint density at radius 2 is 1.85 bits per heavy atom. The molecule has 104 valence electrons. The first-order chi connectivity index (χ1) is 9.47. The van der Waals surface area contributed by atoms with Gasteiger partial charge in [-0.2, -0.15) is 0 Å². The van der Waals surface area contributed by atoms with Crippen molar-refractivity contribution in [2.24, 2.45) is 0 Å². The second-order valence-electron chi connectivity index (χ2n) is 3.90. The molecule has 0 heterocycles. The van der Waals surface area contributed by atoms with E-state index in [1.165, 1.54) is 12.1 Å². The number of ether oxygens (including phenoxy) is 1. The molecule has 0 saturated heterocycles. The molecule has 0 bridgehead atoms. The van der Waals surface area contributed by atoms with Crippen molar-refractivity contribution in [1.29, 1.82) is 0 Å². The summed E-state index contributed by atoms with van der Waals surface area (Å²) in [7, 11) is 0. The molecule has 0 saturated carbocycles. The van der Waals surface area contributed by atoms with Crippen LogP contribution in [0.25, 0.3) is 0 Å². The molecule has 0 spiro atoms. The SMILES string of the molecule is O=[N+]([O-])c1cccc(COc2cc(F)cc(F)c2)c1Br. The summed E-state index contributed by atoms with van der Waals surface area (Å²) in [6, 6.07) is 7.27. The highest BCUT2D eigenvalue weighted by atomic mass is 79.9. The summed E-state index contributed by atoms with van der Waals surface area (Å²) in [6.45, 7) is -0.0504. The van der Waals surface area contributed by atoms with Crippen molar-refractivity contribution in [2.45, 2.75) is 6.61 Å². The van der Waals surface area contributed by atoms with Crippen molar-refractivity contribution in [3.63, 3.8) is 0 Å². The number of nitro benzene ring substituents is 1. The summed E-state index contributed by atoms with van der Waals surface area (Å²) in [5.41, 5.74) is 0.403. The second kappa shape index (κ2) is 5.96. The van der Waals surface area contributed by atoms with E-state index in [1.54, 1.807) is 6.07 Å². The molecular weight excluding hydrogens is 336 g/mol. The number of halogens is 3. The van der Waals surface area contributed by atoms with E-state index in [9.17, 15) is 18.9 Å². The smallest absolute Gasteiger partial charge is 0.283 e. The largest absolute Gasteiger partial charge is 0.489 e. The van der Waals surface area contributed by atoms with Gasteiger partial charge in [-0.1, -0.05) is 12.1 Å². The van der Waals surface area contributed by atoms with Gasteiger partial charge in [0.2, 0.25) is 0 Å². The predicted molar refractivity (Wildman–Crippen MR) is 71.5 cm³/mol. The molecule has 2 rings (SSSR count). The Bertz CT molecular complexity index is 644. The molecule has 4 nitrogen and oxygen atoms in total. The van der Waals surface area contributed by atoms with Gasteiger partial charge in [0.15, 0.2) is 0 Å². The van der Waals surface area contributed by atoms with Crippen molar-refractivity contribution >= 4 is 21.6 Å². The lowest BCUT2D eigenvalue weighted by Crippen LogP contribution is -1.99. The topological polar surface area (TPSA) is 52.4 Å². The fourth-order valence-corrected chi connectivity index (χ4v) is 2.12. The van der Waals surface area contributed by atoms with Crippen LogP contribution in [0.4, 0.5) is 14.5 Å². The highest BCUT2D eigenvalue weighted by Gasteiger charge is 2.15. The van der Waals surface area contributed by atoms with E-state index in [0.717, 1.165) is 18.2 Å². The normalized spacial score (nSPS) is 10.3. The quantitative estimate of drug-likeness (QED) is 0.617. The Hall–Kier alpha value is -2.02. The van der Waals surface area contributed by atoms with E-state index in [0.29, 0.717) is 5.56 Å². The average Bonchev–Trinajstić information content (AvgIpc) is 2.36. The van der Waals surface area contributed by atoms with Gasteiger partial charge in [0.25, 0.3) is 5.69 Å². The Morgan fingerprint density at radius 3 is 2.45 bits per heavy atom. The maximum atomic E-state index is 13.0. The summed E-state index contributed by atoms with van der Waals surface area (Å²) >= 11 is 3.11. The Kier molecular flexibility index (Phi) is 4.29. The molecule has 0 N–H and O–H groups in total. The van der Waals surface area contributed by atoms with Crippen molar-refractivity contribution in [3.05, 3.63) is 68.2 Å². The zero-order valence-electron chi connectivity index (χ0n) is 9.98. The molecule has 0 radical (unpaired) electrons. The zero-order valence-corrected chi connectivity index (χ0v) is 11.6. The van der Waals surface area contributed by atoms with Gasteiger partial charge in [0, 0.05) is 29.8 Å². The van der Waals surface area contributed by atoms with Gasteiger partial charge in [-0.05, 0) is 15.9 Å². The van der Waals surface area contributed by atoms with E-state index in [2.05, 4.69) is 15.9 Å². The third-order valence-electron chi connectivity index (χ3n) is 2.49. The number of rotatable bonds is 4. The third-order valence-corrected chi connectivity index (χ3v) is 3.40. The minimum atomic E-state index is -0.752. The molecule has 0 aliphatic heterocycles. The van der Waals surface area contributed by atoms with Crippen LogP contribution in [-0.2, 0) is 6.61 Å². The van der Waals surface area contributed by atoms with Gasteiger partial charge >= 0.3 is 0 Å². The van der Waals surface area contributed by atoms with Gasteiger partial charge in [-0.25, -0.2) is 8.78 Å². The zero-order chi connectivity index (χ0) is 14.7. The fraction of sp³-hybridized carbons (Fsp3) is 0.0769. The van der Waals surface area contributed by atoms with Crippen molar-refractivity contribution < 1.29 is 18.4 Å². The molecule has 2 aromatic carbocycles. The lowest BCUT2D eigenvalue weighted by atomic mass is 10.2. The van der Waals surface area contributed by atoms with Crippen LogP contribution < -0.4 is 4.74 Å². The van der Waals surface area contributed by atoms with Crippen LogP contribution in [0.1, 0.15) is 5.56 Å². The molecule has 7 heteroatoms. The van der Waals surface area contributed by atoms with E-state index in [-0.39, 0.29) is 22.5 Å². The van der Waals surface area contributed by atoms with Gasteiger partial charge < -0.3 is 4.74 Å². The van der Waals surface area contributed by atoms with Crippen LogP contribution >= 0.6 is 15.9 Å². The summed E-state index contributed by atoms with van der Waals surface area (Å²) in [5, 5.41) is 10.8. The molecule has 0 atom stereocenters. The molecule has 0 aliphatic carbocycles. The van der Waals surface area contributed by atoms with Crippen molar-refractivity contribution in [1.82, 2.24) is 0 Å². The van der Waals surface area contributed by atoms with Crippen LogP contribution in [0, 0.1) is 21.7 Å². The molecular formula is C13H8BrF2NO3. The van der Waals surface area contributed by atoms with Crippen molar-refractivity contribution in [2.75, 3.05) is 0 Å². The summed E-state index contributed by atoms with van der Waals surface area (Å²) in [4.78, 5) is 10.2. The van der Waals surface area contributed by atoms with Gasteiger partial charge in [0.1, 0.15) is 28.5 Å². The number of hydrogen-bond donors (Lipinski definition) is 0. The van der Waals surface area contributed by atoms with Crippen molar-refractivity contribution in [3.8, 4) is 5.75 Å². The molecule has 0 fully saturated rings. The Morgan fingerprint density at radius 1 is 1.20 bits per heavy atom. The van der Waals surface area contributed by atoms with Crippen LogP contribution in [0.2, 0.25) is 0 Å². The lowest BCUT2D eigenvalue weighted by molar-refractivity contribution is -0.385. The van der Waals surface area contributed by atoms with Gasteiger partial charge in [0.05, 0.1) is 4.92 Å². The number of hydrogen-bond acceptors (Lipinski definition) is 3. The lowest BCUT2D eigenvalue weighted by Gasteiger charge is -2.08. The first-order valence-corrected chi connectivity index (χ1v) is 6.27. The molecule has 20 heavy (non-hydrogen) atoms. The molecule has 0 unspecified atom stereocenters. The Labute approximate surface area is 121 Å². The minimum absolute atomic E-state index is 0.0147. The maximum Gasteiger partial charge on any atom is 0.283 e. The third kappa shape index (κ3) is 3.30. The summed E-state index contributed by atoms with van der Waals surface area (Å²) < 4.78 is 31.5. The highest BCUT2D eigenvalue weighted by Crippen LogP contribution is 2.29. The highest BCUT2D eigenvalue weighted by molar-refractivity contribution is 9.10. The average molecular weight is 344 g/mol. The molecule has 0 amide bonds. The Balaban J connectivity index is 2.19. The maximum absolute atomic E-state index is 13.0. The first kappa shape index (κ1) is 14.4. The number of nitro groups is 1. The van der Waals surface area contributed by atoms with E-state index < -0.39 is 16.6 Å². The molecule has 0 aromatic heterocycles. The number of benzene rings is 2. The monoisotopic (exact) mass is 343 g/mol. The second-order valence-corrected chi connectivity index (χ2v) is 4.69. The van der Waals surface area contributed by atoms with Gasteiger partial charge in [-0.3, -0.25) is 10.1 Å². The van der Waals surface area contributed by atoms with Crippen LogP contribution in [-0.4, -0.2) is 4.92 Å². The van der Waals surface area contributed by atoms with Gasteiger partial charge in [-0.15, -0.1) is 0 Å². The molecule has 2 aromatic rings. The summed E-state index contributed by atoms with van der Waals surface area (Å²) in [6.07, 6.45) is 0. The minimum Gasteiger partial charge on any atom is -0.489 e. The molecule has 0 aliphatic rings. The predicted octanol–water partition coefficient (Wildman–Crippen LogP) is 4.21. The van der Waals surface area contributed by atoms with Crippen LogP contribution in [0.5, 0.6) is 5.75 Å². The van der Waals surface area contributed by atoms with Crippen LogP contribution in [0.3, 0.4) is 0 Å². The summed E-state index contributed by atoms with van der Waals surface area (Å²) in [5.74, 6) is -1.49. The fourth-order valence-electron chi connectivity index (χ4n) is 1.59. The first-order valence-electron chi connectivity index (χ1n) is 5.48.